The van der Waals surface area contributed by atoms with E-state index in [0.717, 1.165) is 6.07 Å². The molecule has 2 aromatic carbocycles. The summed E-state index contributed by atoms with van der Waals surface area (Å²) in [6.07, 6.45) is 0. The smallest absolute Gasteiger partial charge is 0.339 e. The monoisotopic (exact) mass is 246 g/mol. The van der Waals surface area contributed by atoms with E-state index in [1.165, 1.54) is 13.2 Å². The molecule has 0 aromatic heterocycles. The Hall–Kier alpha value is -2.36. The molecule has 0 amide bonds. The van der Waals surface area contributed by atoms with Crippen LogP contribution in [0, 0.1) is 5.82 Å². The van der Waals surface area contributed by atoms with Crippen molar-refractivity contribution in [3.05, 3.63) is 53.8 Å². The zero-order chi connectivity index (χ0) is 13.1. The Kier molecular flexibility index (Phi) is 3.28. The lowest BCUT2D eigenvalue weighted by Gasteiger charge is -2.09. The van der Waals surface area contributed by atoms with Gasteiger partial charge in [0.05, 0.1) is 7.11 Å². The van der Waals surface area contributed by atoms with Crippen LogP contribution in [0.25, 0.3) is 11.1 Å². The molecule has 0 aliphatic carbocycles. The van der Waals surface area contributed by atoms with Crippen LogP contribution < -0.4 is 4.74 Å². The van der Waals surface area contributed by atoms with Crippen molar-refractivity contribution >= 4 is 5.97 Å². The fourth-order valence-electron chi connectivity index (χ4n) is 1.73. The summed E-state index contributed by atoms with van der Waals surface area (Å²) in [4.78, 5) is 11.1. The molecule has 1 N–H and O–H groups in total. The normalized spacial score (nSPS) is 10.1. The predicted molar refractivity (Wildman–Crippen MR) is 65.3 cm³/mol. The summed E-state index contributed by atoms with van der Waals surface area (Å²) in [6, 6.07) is 11.1. The third-order valence-electron chi connectivity index (χ3n) is 2.60. The molecule has 3 nitrogen and oxygen atoms in total. The highest BCUT2D eigenvalue weighted by molar-refractivity contribution is 5.92. The summed E-state index contributed by atoms with van der Waals surface area (Å²) in [6.45, 7) is 0. The number of benzene rings is 2. The van der Waals surface area contributed by atoms with Gasteiger partial charge in [-0.05, 0) is 11.6 Å². The minimum Gasteiger partial charge on any atom is -0.496 e. The summed E-state index contributed by atoms with van der Waals surface area (Å²) < 4.78 is 18.8. The largest absolute Gasteiger partial charge is 0.496 e. The van der Waals surface area contributed by atoms with Crippen molar-refractivity contribution in [1.82, 2.24) is 0 Å². The van der Waals surface area contributed by atoms with Crippen LogP contribution in [0.4, 0.5) is 4.39 Å². The van der Waals surface area contributed by atoms with Gasteiger partial charge in [0.2, 0.25) is 0 Å². The second kappa shape index (κ2) is 4.87. The molecule has 0 bridgehead atoms. The van der Waals surface area contributed by atoms with E-state index in [9.17, 15) is 9.18 Å². The maximum atomic E-state index is 13.9. The summed E-state index contributed by atoms with van der Waals surface area (Å²) >= 11 is 0. The van der Waals surface area contributed by atoms with E-state index in [-0.39, 0.29) is 16.9 Å². The molecule has 4 heteroatoms. The first-order valence-corrected chi connectivity index (χ1v) is 5.29. The van der Waals surface area contributed by atoms with Gasteiger partial charge in [-0.3, -0.25) is 0 Å². The van der Waals surface area contributed by atoms with Crippen LogP contribution in [0.15, 0.2) is 42.5 Å². The lowest BCUT2D eigenvalue weighted by Crippen LogP contribution is -2.02. The van der Waals surface area contributed by atoms with E-state index < -0.39 is 11.8 Å². The van der Waals surface area contributed by atoms with Crippen molar-refractivity contribution in [3.63, 3.8) is 0 Å². The molecule has 0 saturated carbocycles. The Labute approximate surface area is 103 Å². The molecule has 0 unspecified atom stereocenters. The number of aromatic carboxylic acids is 1. The highest BCUT2D eigenvalue weighted by atomic mass is 19.1. The summed E-state index contributed by atoms with van der Waals surface area (Å²) in [5.41, 5.74) is 0.812. The quantitative estimate of drug-likeness (QED) is 0.904. The van der Waals surface area contributed by atoms with E-state index in [4.69, 9.17) is 9.84 Å². The van der Waals surface area contributed by atoms with Gasteiger partial charge in [0, 0.05) is 11.6 Å². The molecular weight excluding hydrogens is 235 g/mol. The SMILES string of the molecule is COc1cc(F)c(-c2ccccc2)cc1C(=O)O. The first-order valence-electron chi connectivity index (χ1n) is 5.29. The molecule has 0 atom stereocenters. The first-order chi connectivity index (χ1) is 8.63. The van der Waals surface area contributed by atoms with Gasteiger partial charge >= 0.3 is 5.97 Å². The van der Waals surface area contributed by atoms with Gasteiger partial charge in [-0.15, -0.1) is 0 Å². The maximum absolute atomic E-state index is 13.9. The number of halogens is 1. The zero-order valence-electron chi connectivity index (χ0n) is 9.68. The highest BCUT2D eigenvalue weighted by Gasteiger charge is 2.16. The van der Waals surface area contributed by atoms with Crippen LogP contribution in [0.2, 0.25) is 0 Å². The van der Waals surface area contributed by atoms with E-state index in [1.807, 2.05) is 6.07 Å². The molecule has 92 valence electrons. The number of hydrogen-bond acceptors (Lipinski definition) is 2. The van der Waals surface area contributed by atoms with E-state index >= 15 is 0 Å². The number of methoxy groups -OCH3 is 1. The molecule has 0 radical (unpaired) electrons. The Morgan fingerprint density at radius 3 is 2.44 bits per heavy atom. The summed E-state index contributed by atoms with van der Waals surface area (Å²) in [7, 11) is 1.31. The van der Waals surface area contributed by atoms with Crippen molar-refractivity contribution in [2.75, 3.05) is 7.11 Å². The maximum Gasteiger partial charge on any atom is 0.339 e. The van der Waals surface area contributed by atoms with Crippen molar-refractivity contribution in [1.29, 1.82) is 0 Å². The third kappa shape index (κ3) is 2.18. The third-order valence-corrected chi connectivity index (χ3v) is 2.60. The van der Waals surface area contributed by atoms with Crippen LogP contribution >= 0.6 is 0 Å². The van der Waals surface area contributed by atoms with Crippen LogP contribution in [-0.4, -0.2) is 18.2 Å². The molecule has 0 aliphatic heterocycles. The number of carbonyl (C=O) groups is 1. The fourth-order valence-corrected chi connectivity index (χ4v) is 1.73. The zero-order valence-corrected chi connectivity index (χ0v) is 9.68. The molecular formula is C14H11FO3. The van der Waals surface area contributed by atoms with Crippen LogP contribution in [0.1, 0.15) is 10.4 Å². The van der Waals surface area contributed by atoms with Gasteiger partial charge < -0.3 is 9.84 Å². The van der Waals surface area contributed by atoms with Crippen LogP contribution in [-0.2, 0) is 0 Å². The highest BCUT2D eigenvalue weighted by Crippen LogP contribution is 2.29. The number of ether oxygens (including phenoxy) is 1. The van der Waals surface area contributed by atoms with Crippen LogP contribution in [0.5, 0.6) is 5.75 Å². The number of carboxylic acids is 1. The van der Waals surface area contributed by atoms with Crippen molar-refractivity contribution < 1.29 is 19.0 Å². The second-order valence-corrected chi connectivity index (χ2v) is 3.70. The van der Waals surface area contributed by atoms with E-state index in [1.54, 1.807) is 24.3 Å². The minimum absolute atomic E-state index is 0.0136. The van der Waals surface area contributed by atoms with E-state index in [2.05, 4.69) is 0 Å². The Bertz CT molecular complexity index is 579. The summed E-state index contributed by atoms with van der Waals surface area (Å²) in [5.74, 6) is -1.65. The molecule has 0 aliphatic rings. The molecule has 0 heterocycles. The van der Waals surface area contributed by atoms with Crippen LogP contribution in [0.3, 0.4) is 0 Å². The first kappa shape index (κ1) is 12.1. The standard InChI is InChI=1S/C14H11FO3/c1-18-13-8-12(15)10(7-11(13)14(16)17)9-5-3-2-4-6-9/h2-8H,1H3,(H,16,17). The second-order valence-electron chi connectivity index (χ2n) is 3.70. The topological polar surface area (TPSA) is 46.5 Å². The Balaban J connectivity index is 2.63. The molecule has 0 spiro atoms. The molecule has 18 heavy (non-hydrogen) atoms. The Morgan fingerprint density at radius 2 is 1.89 bits per heavy atom. The van der Waals surface area contributed by atoms with Gasteiger partial charge in [0.15, 0.2) is 0 Å². The average molecular weight is 246 g/mol. The van der Waals surface area contributed by atoms with Crippen molar-refractivity contribution in [2.24, 2.45) is 0 Å². The minimum atomic E-state index is -1.15. The molecule has 2 rings (SSSR count). The van der Waals surface area contributed by atoms with E-state index in [0.29, 0.717) is 5.56 Å². The van der Waals surface area contributed by atoms with Gasteiger partial charge in [-0.1, -0.05) is 30.3 Å². The van der Waals surface area contributed by atoms with Crippen molar-refractivity contribution in [3.8, 4) is 16.9 Å². The number of rotatable bonds is 3. The van der Waals surface area contributed by atoms with Gasteiger partial charge in [0.1, 0.15) is 17.1 Å². The summed E-state index contributed by atoms with van der Waals surface area (Å²) in [5, 5.41) is 9.06. The molecule has 0 fully saturated rings. The predicted octanol–water partition coefficient (Wildman–Crippen LogP) is 3.20. The molecule has 0 saturated heterocycles. The lowest BCUT2D eigenvalue weighted by molar-refractivity contribution is 0.0693. The van der Waals surface area contributed by atoms with Gasteiger partial charge in [-0.2, -0.15) is 0 Å². The molecule has 2 aromatic rings. The average Bonchev–Trinajstić information content (AvgIpc) is 2.39. The van der Waals surface area contributed by atoms with Crippen molar-refractivity contribution in [2.45, 2.75) is 0 Å². The fraction of sp³-hybridized carbons (Fsp3) is 0.0714. The lowest BCUT2D eigenvalue weighted by atomic mass is 10.0. The Morgan fingerprint density at radius 1 is 1.22 bits per heavy atom. The van der Waals surface area contributed by atoms with Gasteiger partial charge in [0.25, 0.3) is 0 Å². The number of carboxylic acid groups (broad SMARTS) is 1. The van der Waals surface area contributed by atoms with Gasteiger partial charge in [-0.25, -0.2) is 9.18 Å². The number of hydrogen-bond donors (Lipinski definition) is 1.